The van der Waals surface area contributed by atoms with Crippen LogP contribution in [0, 0.1) is 19.8 Å². The summed E-state index contributed by atoms with van der Waals surface area (Å²) < 4.78 is 51.2. The van der Waals surface area contributed by atoms with Gasteiger partial charge in [0, 0.05) is 0 Å². The van der Waals surface area contributed by atoms with Crippen molar-refractivity contribution in [3.05, 3.63) is 34.9 Å². The summed E-state index contributed by atoms with van der Waals surface area (Å²) in [6, 6.07) is 4.65. The predicted octanol–water partition coefficient (Wildman–Crippen LogP) is 5.39. The van der Waals surface area contributed by atoms with Gasteiger partial charge in [0.1, 0.15) is 0 Å². The van der Waals surface area contributed by atoms with Gasteiger partial charge in [0.15, 0.2) is 0 Å². The van der Waals surface area contributed by atoms with Crippen LogP contribution >= 0.6 is 0 Å². The molecule has 1 aromatic carbocycles. The van der Waals surface area contributed by atoms with Crippen LogP contribution in [-0.4, -0.2) is 31.3 Å². The number of aryl methyl sites for hydroxylation is 2. The average molecular weight is 469 g/mol. The van der Waals surface area contributed by atoms with Crippen molar-refractivity contribution in [2.45, 2.75) is 102 Å². The van der Waals surface area contributed by atoms with E-state index in [-0.39, 0.29) is 4.90 Å². The number of rotatable bonds is 9. The molecule has 0 N–H and O–H groups in total. The smallest absolute Gasteiger partial charge is 0.359 e. The molecule has 0 saturated heterocycles. The van der Waals surface area contributed by atoms with Crippen LogP contribution in [0.2, 0.25) is 0 Å². The molecule has 1 fully saturated rings. The molecule has 0 amide bonds. The van der Waals surface area contributed by atoms with Crippen molar-refractivity contribution in [3.63, 3.8) is 0 Å². The number of hydrogen-bond acceptors (Lipinski definition) is 4. The van der Waals surface area contributed by atoms with Gasteiger partial charge < -0.3 is 5.53 Å². The molecule has 8 heteroatoms. The summed E-state index contributed by atoms with van der Waals surface area (Å²) in [6.45, 7) is 5.63. The second-order valence-electron chi connectivity index (χ2n) is 8.88. The first kappa shape index (κ1) is 25.8. The van der Waals surface area contributed by atoms with E-state index < -0.39 is 29.3 Å². The third kappa shape index (κ3) is 6.50. The van der Waals surface area contributed by atoms with Crippen LogP contribution in [0.25, 0.3) is 5.53 Å². The Kier molecular flexibility index (Phi) is 9.46. The topological polar surface area (TPSA) is 105 Å². The van der Waals surface area contributed by atoms with E-state index in [4.69, 9.17) is 0 Å². The molecule has 6 nitrogen and oxygen atoms in total. The Morgan fingerprint density at radius 1 is 0.968 bits per heavy atom. The van der Waals surface area contributed by atoms with Gasteiger partial charge in [-0.1, -0.05) is 69.6 Å². The van der Waals surface area contributed by atoms with Crippen molar-refractivity contribution in [1.82, 2.24) is 0 Å². The lowest BCUT2D eigenvalue weighted by molar-refractivity contribution is 0.00368. The minimum atomic E-state index is -4.43. The van der Waals surface area contributed by atoms with Gasteiger partial charge in [0.2, 0.25) is 0 Å². The van der Waals surface area contributed by atoms with E-state index in [0.29, 0.717) is 24.3 Å². The number of nitrogens with zero attached hydrogens (tertiary/aromatic N) is 2. The molecule has 1 aliphatic rings. The fourth-order valence-corrected chi connectivity index (χ4v) is 8.76. The zero-order valence-corrected chi connectivity index (χ0v) is 20.6. The van der Waals surface area contributed by atoms with Crippen LogP contribution in [0.4, 0.5) is 0 Å². The van der Waals surface area contributed by atoms with Crippen molar-refractivity contribution in [1.29, 1.82) is 0 Å². The van der Waals surface area contributed by atoms with E-state index in [1.807, 2.05) is 6.92 Å². The lowest BCUT2D eigenvalue weighted by atomic mass is 9.85. The summed E-state index contributed by atoms with van der Waals surface area (Å²) in [5, 5.41) is -0.820. The van der Waals surface area contributed by atoms with Crippen LogP contribution in [0.3, 0.4) is 0 Å². The summed E-state index contributed by atoms with van der Waals surface area (Å²) in [7, 11) is -8.69. The highest BCUT2D eigenvalue weighted by Gasteiger charge is 2.48. The molecule has 0 aromatic heterocycles. The second-order valence-corrected chi connectivity index (χ2v) is 13.1. The Labute approximate surface area is 187 Å². The molecule has 31 heavy (non-hydrogen) atoms. The highest BCUT2D eigenvalue weighted by atomic mass is 32.3. The molecule has 0 radical (unpaired) electrons. The van der Waals surface area contributed by atoms with Crippen LogP contribution in [0.1, 0.15) is 88.7 Å². The summed E-state index contributed by atoms with van der Waals surface area (Å²) in [5.74, 6) is 0.489. The van der Waals surface area contributed by atoms with Crippen LogP contribution < -0.4 is 0 Å². The molecule has 0 unspecified atom stereocenters. The summed E-state index contributed by atoms with van der Waals surface area (Å²) in [6.07, 6.45) is 10.9. The molecule has 1 saturated carbocycles. The third-order valence-electron chi connectivity index (χ3n) is 6.37. The maximum Gasteiger partial charge on any atom is 0.499 e. The Morgan fingerprint density at radius 3 is 2.16 bits per heavy atom. The van der Waals surface area contributed by atoms with Crippen LogP contribution in [0.15, 0.2) is 23.1 Å². The first-order valence-corrected chi connectivity index (χ1v) is 14.5. The quantitative estimate of drug-likeness (QED) is 0.159. The number of unbranched alkanes of at least 4 members (excludes halogenated alkanes) is 5. The average Bonchev–Trinajstić information content (AvgIpc) is 2.70. The fourth-order valence-electron chi connectivity index (χ4n) is 4.55. The normalized spacial score (nSPS) is 19.7. The Morgan fingerprint density at radius 2 is 1.58 bits per heavy atom. The molecular weight excluding hydrogens is 432 g/mol. The maximum absolute atomic E-state index is 13.1. The molecule has 0 aliphatic heterocycles. The maximum atomic E-state index is 13.1. The van der Waals surface area contributed by atoms with Crippen LogP contribution in [-0.2, 0) is 19.7 Å². The zero-order valence-electron chi connectivity index (χ0n) is 19.0. The zero-order chi connectivity index (χ0) is 23.1. The first-order chi connectivity index (χ1) is 14.6. The molecule has 2 rings (SSSR count). The highest BCUT2D eigenvalue weighted by molar-refractivity contribution is 8.31. The molecular formula is C23H36N2O4S2. The van der Waals surface area contributed by atoms with Crippen LogP contribution in [0.5, 0.6) is 0 Å². The monoisotopic (exact) mass is 468 g/mol. The molecule has 1 aliphatic carbocycles. The largest absolute Gasteiger partial charge is 0.499 e. The van der Waals surface area contributed by atoms with Gasteiger partial charge in [-0.05, 0) is 57.1 Å². The van der Waals surface area contributed by atoms with E-state index in [2.05, 4.69) is 11.7 Å². The fraction of sp³-hybridized carbons (Fsp3) is 0.696. The molecule has 0 bridgehead atoms. The van der Waals surface area contributed by atoms with Crippen molar-refractivity contribution in [2.75, 3.05) is 0 Å². The van der Waals surface area contributed by atoms with Crippen molar-refractivity contribution in [2.24, 2.45) is 5.92 Å². The second kappa shape index (κ2) is 11.4. The molecule has 0 atom stereocenters. The Bertz CT molecular complexity index is 1000. The Balaban J connectivity index is 2.03. The number of sulfone groups is 2. The van der Waals surface area contributed by atoms with Gasteiger partial charge in [-0.2, -0.15) is 0 Å². The molecule has 1 aromatic rings. The minimum absolute atomic E-state index is 0.133. The molecule has 174 valence electrons. The summed E-state index contributed by atoms with van der Waals surface area (Å²) in [4.78, 5) is 2.66. The van der Waals surface area contributed by atoms with Crippen molar-refractivity contribution in [3.8, 4) is 0 Å². The van der Waals surface area contributed by atoms with Gasteiger partial charge in [-0.3, -0.25) is 0 Å². The van der Waals surface area contributed by atoms with Crippen molar-refractivity contribution < 1.29 is 21.6 Å². The van der Waals surface area contributed by atoms with Crippen molar-refractivity contribution >= 4 is 24.1 Å². The SMILES string of the molecule is CCCCCCCCC1CCC(S(=O)(=O)C(=[N+]=[N-])S(=O)(=O)c2ccc(C)cc2C)CC1. The van der Waals surface area contributed by atoms with Gasteiger partial charge in [-0.25, -0.2) is 16.8 Å². The van der Waals surface area contributed by atoms with Gasteiger partial charge in [0.25, 0.3) is 19.7 Å². The summed E-state index contributed by atoms with van der Waals surface area (Å²) in [5.41, 5.74) is 10.7. The lowest BCUT2D eigenvalue weighted by Crippen LogP contribution is -2.37. The Hall–Kier alpha value is -1.50. The van der Waals surface area contributed by atoms with Gasteiger partial charge in [0.05, 0.1) is 10.1 Å². The summed E-state index contributed by atoms with van der Waals surface area (Å²) >= 11 is 0. The minimum Gasteiger partial charge on any atom is -0.359 e. The number of benzene rings is 1. The van der Waals surface area contributed by atoms with E-state index in [1.54, 1.807) is 19.1 Å². The number of hydrogen-bond donors (Lipinski definition) is 0. The van der Waals surface area contributed by atoms with Gasteiger partial charge in [-0.15, -0.1) is 4.79 Å². The lowest BCUT2D eigenvalue weighted by Gasteiger charge is -2.27. The molecule has 0 heterocycles. The predicted molar refractivity (Wildman–Crippen MR) is 124 cm³/mol. The highest BCUT2D eigenvalue weighted by Crippen LogP contribution is 2.33. The van der Waals surface area contributed by atoms with E-state index in [1.165, 1.54) is 38.2 Å². The molecule has 0 spiro atoms. The van der Waals surface area contributed by atoms with E-state index >= 15 is 0 Å². The van der Waals surface area contributed by atoms with E-state index in [9.17, 15) is 22.4 Å². The standard InChI is InChI=1S/C23H36N2O4S2/c1-4-5-6-7-8-9-10-20-12-14-21(15-13-20)30(26,27)23(25-24)31(28,29)22-16-11-18(2)17-19(22)3/h11,16-17,20-21H,4-10,12-15H2,1-3H3. The van der Waals surface area contributed by atoms with Gasteiger partial charge >= 0.3 is 4.38 Å². The van der Waals surface area contributed by atoms with E-state index in [0.717, 1.165) is 31.2 Å². The first-order valence-electron chi connectivity index (χ1n) is 11.4. The third-order valence-corrected chi connectivity index (χ3v) is 11.2.